The molecule has 76 valence electrons. The number of benzene rings is 1. The van der Waals surface area contributed by atoms with E-state index in [1.807, 2.05) is 0 Å². The van der Waals surface area contributed by atoms with Crippen LogP contribution in [0.25, 0.3) is 10.9 Å². The van der Waals surface area contributed by atoms with Gasteiger partial charge in [0.1, 0.15) is 5.02 Å². The third-order valence-corrected chi connectivity index (χ3v) is 2.66. The van der Waals surface area contributed by atoms with Crippen LogP contribution in [0.15, 0.2) is 24.4 Å². The molecule has 0 radical (unpaired) electrons. The van der Waals surface area contributed by atoms with Crippen LogP contribution in [0.3, 0.4) is 0 Å². The van der Waals surface area contributed by atoms with E-state index >= 15 is 0 Å². The van der Waals surface area contributed by atoms with Crippen molar-refractivity contribution >= 4 is 28.2 Å². The van der Waals surface area contributed by atoms with E-state index in [1.54, 1.807) is 31.3 Å². The highest BCUT2D eigenvalue weighted by molar-refractivity contribution is 6.34. The number of halogens is 1. The number of nitro benzene ring substituents is 1. The summed E-state index contributed by atoms with van der Waals surface area (Å²) in [7, 11) is 0. The molecule has 5 heteroatoms. The number of nitro groups is 1. The van der Waals surface area contributed by atoms with Crippen molar-refractivity contribution in [3.8, 4) is 0 Å². The Balaban J connectivity index is 2.95. The van der Waals surface area contributed by atoms with Crippen molar-refractivity contribution in [3.63, 3.8) is 0 Å². The van der Waals surface area contributed by atoms with Crippen molar-refractivity contribution in [1.29, 1.82) is 0 Å². The third kappa shape index (κ3) is 1.53. The second-order valence-corrected chi connectivity index (χ2v) is 3.56. The molecular weight excluding hydrogens is 216 g/mol. The molecule has 0 spiro atoms. The van der Waals surface area contributed by atoms with Gasteiger partial charge in [-0.05, 0) is 30.7 Å². The number of nitrogens with zero attached hydrogens (tertiary/aromatic N) is 2. The van der Waals surface area contributed by atoms with Crippen LogP contribution in [0.2, 0.25) is 5.02 Å². The summed E-state index contributed by atoms with van der Waals surface area (Å²) in [5.41, 5.74) is 1.18. The molecule has 1 aromatic carbocycles. The van der Waals surface area contributed by atoms with Crippen LogP contribution in [-0.4, -0.2) is 9.91 Å². The molecule has 0 saturated carbocycles. The lowest BCUT2D eigenvalue weighted by Crippen LogP contribution is -1.93. The summed E-state index contributed by atoms with van der Waals surface area (Å²) in [5.74, 6) is 0. The molecule has 0 amide bonds. The van der Waals surface area contributed by atoms with Gasteiger partial charge < -0.3 is 0 Å². The van der Waals surface area contributed by atoms with Crippen LogP contribution < -0.4 is 0 Å². The summed E-state index contributed by atoms with van der Waals surface area (Å²) in [6.07, 6.45) is 1.60. The number of hydrogen-bond donors (Lipinski definition) is 0. The van der Waals surface area contributed by atoms with Crippen LogP contribution in [0, 0.1) is 17.0 Å². The van der Waals surface area contributed by atoms with E-state index in [0.717, 1.165) is 0 Å². The monoisotopic (exact) mass is 222 g/mol. The zero-order chi connectivity index (χ0) is 11.0. The maximum absolute atomic E-state index is 10.9. The van der Waals surface area contributed by atoms with Crippen LogP contribution in [0.4, 0.5) is 5.69 Å². The summed E-state index contributed by atoms with van der Waals surface area (Å²) in [4.78, 5) is 14.5. The number of fused-ring (bicyclic) bond motifs is 1. The largest absolute Gasteiger partial charge is 0.297 e. The van der Waals surface area contributed by atoms with Gasteiger partial charge in [0, 0.05) is 6.20 Å². The normalized spacial score (nSPS) is 10.5. The molecule has 0 saturated heterocycles. The molecule has 0 N–H and O–H groups in total. The van der Waals surface area contributed by atoms with E-state index in [1.165, 1.54) is 0 Å². The fourth-order valence-corrected chi connectivity index (χ4v) is 1.71. The maximum Gasteiger partial charge on any atom is 0.297 e. The van der Waals surface area contributed by atoms with Crippen molar-refractivity contribution in [2.75, 3.05) is 0 Å². The van der Waals surface area contributed by atoms with Crippen molar-refractivity contribution in [3.05, 3.63) is 45.1 Å². The third-order valence-electron chi connectivity index (χ3n) is 2.18. The molecule has 0 bridgehead atoms. The Morgan fingerprint density at radius 3 is 2.93 bits per heavy atom. The van der Waals surface area contributed by atoms with E-state index in [2.05, 4.69) is 4.98 Å². The molecule has 0 aliphatic rings. The zero-order valence-corrected chi connectivity index (χ0v) is 8.65. The van der Waals surface area contributed by atoms with Gasteiger partial charge in [0.25, 0.3) is 5.69 Å². The van der Waals surface area contributed by atoms with Gasteiger partial charge in [0.05, 0.1) is 15.8 Å². The SMILES string of the molecule is Cc1cc2ncccc2c([N+](=O)[O-])c1Cl. The van der Waals surface area contributed by atoms with Crippen molar-refractivity contribution in [2.24, 2.45) is 0 Å². The Hall–Kier alpha value is -1.68. The lowest BCUT2D eigenvalue weighted by molar-refractivity contribution is -0.382. The zero-order valence-electron chi connectivity index (χ0n) is 7.90. The van der Waals surface area contributed by atoms with Gasteiger partial charge in [-0.3, -0.25) is 15.1 Å². The molecule has 0 aliphatic carbocycles. The van der Waals surface area contributed by atoms with Gasteiger partial charge in [-0.25, -0.2) is 0 Å². The first kappa shape index (κ1) is 9.86. The van der Waals surface area contributed by atoms with E-state index in [-0.39, 0.29) is 10.7 Å². The van der Waals surface area contributed by atoms with E-state index < -0.39 is 4.92 Å². The van der Waals surface area contributed by atoms with Gasteiger partial charge in [-0.2, -0.15) is 0 Å². The molecular formula is C10H7ClN2O2. The van der Waals surface area contributed by atoms with Crippen LogP contribution in [0.1, 0.15) is 5.56 Å². The fraction of sp³-hybridized carbons (Fsp3) is 0.100. The summed E-state index contributed by atoms with van der Waals surface area (Å²) < 4.78 is 0. The molecule has 1 aromatic heterocycles. The first-order valence-corrected chi connectivity index (χ1v) is 4.67. The molecule has 1 heterocycles. The highest BCUT2D eigenvalue weighted by Gasteiger charge is 2.19. The Morgan fingerprint density at radius 2 is 2.27 bits per heavy atom. The molecule has 2 aromatic rings. The predicted molar refractivity (Wildman–Crippen MR) is 58.1 cm³/mol. The van der Waals surface area contributed by atoms with Gasteiger partial charge >= 0.3 is 0 Å². The smallest absolute Gasteiger partial charge is 0.258 e. The average molecular weight is 223 g/mol. The van der Waals surface area contributed by atoms with Gasteiger partial charge in [0.2, 0.25) is 0 Å². The molecule has 2 rings (SSSR count). The second kappa shape index (κ2) is 3.47. The van der Waals surface area contributed by atoms with E-state index in [9.17, 15) is 10.1 Å². The summed E-state index contributed by atoms with van der Waals surface area (Å²) >= 11 is 5.90. The van der Waals surface area contributed by atoms with Crippen molar-refractivity contribution in [1.82, 2.24) is 4.98 Å². The molecule has 0 fully saturated rings. The Bertz CT molecular complexity index is 554. The average Bonchev–Trinajstić information content (AvgIpc) is 2.19. The van der Waals surface area contributed by atoms with Crippen molar-refractivity contribution in [2.45, 2.75) is 6.92 Å². The first-order valence-electron chi connectivity index (χ1n) is 4.29. The maximum atomic E-state index is 10.9. The highest BCUT2D eigenvalue weighted by atomic mass is 35.5. The number of hydrogen-bond acceptors (Lipinski definition) is 3. The molecule has 15 heavy (non-hydrogen) atoms. The minimum Gasteiger partial charge on any atom is -0.258 e. The first-order chi connectivity index (χ1) is 7.11. The Labute approximate surface area is 90.7 Å². The minimum absolute atomic E-state index is 0.0697. The van der Waals surface area contributed by atoms with Crippen LogP contribution in [0.5, 0.6) is 0 Å². The van der Waals surface area contributed by atoms with Gasteiger partial charge in [-0.1, -0.05) is 11.6 Å². The summed E-state index contributed by atoms with van der Waals surface area (Å²) in [6, 6.07) is 5.04. The number of aromatic nitrogens is 1. The molecule has 0 unspecified atom stereocenters. The number of pyridine rings is 1. The summed E-state index contributed by atoms with van der Waals surface area (Å²) in [6.45, 7) is 1.73. The number of aryl methyl sites for hydroxylation is 1. The van der Waals surface area contributed by atoms with Crippen LogP contribution >= 0.6 is 11.6 Å². The second-order valence-electron chi connectivity index (χ2n) is 3.18. The molecule has 4 nitrogen and oxygen atoms in total. The quantitative estimate of drug-likeness (QED) is 0.550. The predicted octanol–water partition coefficient (Wildman–Crippen LogP) is 3.10. The summed E-state index contributed by atoms with van der Waals surface area (Å²) in [5, 5.41) is 11.5. The van der Waals surface area contributed by atoms with E-state index in [0.29, 0.717) is 16.5 Å². The van der Waals surface area contributed by atoms with E-state index in [4.69, 9.17) is 11.6 Å². The Morgan fingerprint density at radius 1 is 1.53 bits per heavy atom. The topological polar surface area (TPSA) is 56.0 Å². The van der Waals surface area contributed by atoms with Gasteiger partial charge in [0.15, 0.2) is 0 Å². The molecule has 0 atom stereocenters. The van der Waals surface area contributed by atoms with Gasteiger partial charge in [-0.15, -0.1) is 0 Å². The standard InChI is InChI=1S/C10H7ClN2O2/c1-6-5-8-7(3-2-4-12-8)10(9(6)11)13(14)15/h2-5H,1H3. The Kier molecular flexibility index (Phi) is 2.28. The van der Waals surface area contributed by atoms with Crippen molar-refractivity contribution < 1.29 is 4.92 Å². The fourth-order valence-electron chi connectivity index (χ4n) is 1.48. The lowest BCUT2D eigenvalue weighted by Gasteiger charge is -2.03. The minimum atomic E-state index is -0.473. The number of rotatable bonds is 1. The lowest BCUT2D eigenvalue weighted by atomic mass is 10.1. The molecule has 0 aliphatic heterocycles. The van der Waals surface area contributed by atoms with Crippen LogP contribution in [-0.2, 0) is 0 Å². The highest BCUT2D eigenvalue weighted by Crippen LogP contribution is 2.34.